The van der Waals surface area contributed by atoms with E-state index in [0.717, 1.165) is 31.4 Å². The third kappa shape index (κ3) is 9.36. The molecule has 258 valence electrons. The lowest BCUT2D eigenvalue weighted by Crippen LogP contribution is -2.47. The highest BCUT2D eigenvalue weighted by Crippen LogP contribution is 2.34. The second-order valence-electron chi connectivity index (χ2n) is 12.7. The minimum atomic E-state index is -0.485. The van der Waals surface area contributed by atoms with Crippen LogP contribution in [0.2, 0.25) is 0 Å². The Labute approximate surface area is 282 Å². The van der Waals surface area contributed by atoms with E-state index in [4.69, 9.17) is 18.9 Å². The number of likely N-dealkylation sites (N-methyl/N-ethyl adjacent to an activating group) is 1. The van der Waals surface area contributed by atoms with Crippen LogP contribution in [-0.4, -0.2) is 90.2 Å². The zero-order chi connectivity index (χ0) is 34.0. The Morgan fingerprint density at radius 2 is 1.73 bits per heavy atom. The quantitative estimate of drug-likeness (QED) is 0.291. The minimum Gasteiger partial charge on any atom is -0.490 e. The van der Waals surface area contributed by atoms with Crippen molar-refractivity contribution >= 4 is 23.3 Å². The Kier molecular flexibility index (Phi) is 12.1. The molecule has 2 aromatic carbocycles. The van der Waals surface area contributed by atoms with Crippen molar-refractivity contribution in [3.05, 3.63) is 72.1 Å². The molecule has 0 aliphatic carbocycles. The summed E-state index contributed by atoms with van der Waals surface area (Å²) in [4.78, 5) is 35.4. The van der Waals surface area contributed by atoms with Gasteiger partial charge in [-0.2, -0.15) is 0 Å². The van der Waals surface area contributed by atoms with Crippen LogP contribution < -0.4 is 24.8 Å². The number of nitrogens with zero attached hydrogens (tertiary/aromatic N) is 3. The number of amides is 3. The third-order valence-corrected chi connectivity index (χ3v) is 8.63. The number of pyridine rings is 1. The minimum absolute atomic E-state index is 0.0529. The number of urea groups is 1. The van der Waals surface area contributed by atoms with Crippen molar-refractivity contribution < 1.29 is 33.6 Å². The van der Waals surface area contributed by atoms with Gasteiger partial charge >= 0.3 is 6.03 Å². The average Bonchev–Trinajstić information content (AvgIpc) is 3.54. The van der Waals surface area contributed by atoms with Crippen LogP contribution in [0.25, 0.3) is 0 Å². The summed E-state index contributed by atoms with van der Waals surface area (Å²) in [6.07, 6.45) is 5.85. The summed E-state index contributed by atoms with van der Waals surface area (Å²) < 4.78 is 23.6. The molecule has 0 saturated heterocycles. The number of aliphatic hydroxyl groups excluding tert-OH is 1. The number of ether oxygens (including phenoxy) is 4. The van der Waals surface area contributed by atoms with E-state index in [1.807, 2.05) is 26.0 Å². The highest BCUT2D eigenvalue weighted by Gasteiger charge is 2.30. The van der Waals surface area contributed by atoms with Crippen LogP contribution in [0.15, 0.2) is 60.9 Å². The summed E-state index contributed by atoms with van der Waals surface area (Å²) in [6.45, 7) is 8.18. The molecule has 1 aromatic heterocycles. The molecule has 2 aliphatic rings. The molecule has 3 heterocycles. The monoisotopic (exact) mass is 661 g/mol. The van der Waals surface area contributed by atoms with Gasteiger partial charge in [-0.05, 0) is 88.2 Å². The number of fused-ring (bicyclic) bond motifs is 2. The van der Waals surface area contributed by atoms with Gasteiger partial charge in [0, 0.05) is 62.0 Å². The molecule has 12 heteroatoms. The van der Waals surface area contributed by atoms with E-state index in [2.05, 4.69) is 34.5 Å². The number of rotatable bonds is 8. The standard InChI is InChI=1S/C36H47N5O7/c1-24-19-41(25(2)22-42)35(43)30-17-28(38-36(44)39-29-9-11-32-33(18-29)47-23-46-32)8-10-31(30)48-26(3)7-5-6-16-45-34(24)21-40(4)20-27-12-14-37-15-13-27/h8-15,17-18,24-26,34,42H,5-7,16,19-23H2,1-4H3,(H2,38,39,44)/t24-,25+,26+,34+/m0/s1. The molecule has 2 aliphatic heterocycles. The molecule has 0 unspecified atom stereocenters. The van der Waals surface area contributed by atoms with E-state index in [1.165, 1.54) is 0 Å². The average molecular weight is 662 g/mol. The molecule has 3 N–H and O–H groups in total. The van der Waals surface area contributed by atoms with Gasteiger partial charge in [0.25, 0.3) is 5.91 Å². The molecule has 4 atom stereocenters. The van der Waals surface area contributed by atoms with Crippen LogP contribution in [0.4, 0.5) is 16.2 Å². The summed E-state index contributed by atoms with van der Waals surface area (Å²) in [7, 11) is 2.06. The number of hydrogen-bond acceptors (Lipinski definition) is 9. The first kappa shape index (κ1) is 34.9. The first-order valence-corrected chi connectivity index (χ1v) is 16.6. The number of carbonyl (C=O) groups excluding carboxylic acids is 2. The first-order valence-electron chi connectivity index (χ1n) is 16.6. The molecular formula is C36H47N5O7. The van der Waals surface area contributed by atoms with Crippen LogP contribution in [0.3, 0.4) is 0 Å². The Morgan fingerprint density at radius 3 is 2.48 bits per heavy atom. The van der Waals surface area contributed by atoms with E-state index >= 15 is 0 Å². The molecule has 12 nitrogen and oxygen atoms in total. The van der Waals surface area contributed by atoms with Crippen molar-refractivity contribution in [3.63, 3.8) is 0 Å². The normalized spacial score (nSPS) is 20.8. The van der Waals surface area contributed by atoms with Gasteiger partial charge in [0.05, 0.1) is 30.4 Å². The molecule has 5 rings (SSSR count). The fourth-order valence-corrected chi connectivity index (χ4v) is 5.90. The van der Waals surface area contributed by atoms with Crippen LogP contribution in [0, 0.1) is 5.92 Å². The van der Waals surface area contributed by atoms with Crippen molar-refractivity contribution in [3.8, 4) is 17.2 Å². The van der Waals surface area contributed by atoms with Gasteiger partial charge in [-0.3, -0.25) is 14.7 Å². The largest absolute Gasteiger partial charge is 0.490 e. The Hall–Kier alpha value is -4.39. The lowest BCUT2D eigenvalue weighted by atomic mass is 10.0. The lowest BCUT2D eigenvalue weighted by molar-refractivity contribution is -0.0177. The zero-order valence-electron chi connectivity index (χ0n) is 28.2. The molecule has 3 amide bonds. The molecule has 3 aromatic rings. The summed E-state index contributed by atoms with van der Waals surface area (Å²) in [5, 5.41) is 15.9. The maximum atomic E-state index is 14.4. The van der Waals surface area contributed by atoms with Crippen molar-refractivity contribution in [1.29, 1.82) is 0 Å². The lowest BCUT2D eigenvalue weighted by Gasteiger charge is -2.36. The van der Waals surface area contributed by atoms with Crippen LogP contribution in [-0.2, 0) is 11.3 Å². The molecule has 0 bridgehead atoms. The number of carbonyl (C=O) groups is 2. The number of aromatic nitrogens is 1. The first-order chi connectivity index (χ1) is 23.2. The molecule has 0 saturated carbocycles. The van der Waals surface area contributed by atoms with Crippen molar-refractivity contribution in [2.24, 2.45) is 5.92 Å². The number of nitrogens with one attached hydrogen (secondary N) is 2. The van der Waals surface area contributed by atoms with E-state index in [9.17, 15) is 14.7 Å². The number of benzene rings is 2. The van der Waals surface area contributed by atoms with Crippen molar-refractivity contribution in [2.45, 2.75) is 64.8 Å². The smallest absolute Gasteiger partial charge is 0.323 e. The molecule has 48 heavy (non-hydrogen) atoms. The number of aliphatic hydroxyl groups is 1. The zero-order valence-corrected chi connectivity index (χ0v) is 28.2. The maximum absolute atomic E-state index is 14.4. The SMILES string of the molecule is C[C@@H]1CCCCO[C@H](CN(C)Cc2ccncc2)[C@@H](C)CN([C@H](C)CO)C(=O)c2cc(NC(=O)Nc3ccc4c(c3)OCO4)ccc2O1. The Morgan fingerprint density at radius 1 is 1.02 bits per heavy atom. The van der Waals surface area contributed by atoms with E-state index in [1.54, 1.807) is 53.7 Å². The van der Waals surface area contributed by atoms with E-state index < -0.39 is 12.1 Å². The second-order valence-corrected chi connectivity index (χ2v) is 12.7. The summed E-state index contributed by atoms with van der Waals surface area (Å²) >= 11 is 0. The summed E-state index contributed by atoms with van der Waals surface area (Å²) in [5.41, 5.74) is 2.41. The predicted molar refractivity (Wildman–Crippen MR) is 183 cm³/mol. The fourth-order valence-electron chi connectivity index (χ4n) is 5.90. The molecule has 0 radical (unpaired) electrons. The summed E-state index contributed by atoms with van der Waals surface area (Å²) in [6, 6.07) is 13.3. The third-order valence-electron chi connectivity index (χ3n) is 8.63. The van der Waals surface area contributed by atoms with Crippen LogP contribution in [0.1, 0.15) is 56.0 Å². The van der Waals surface area contributed by atoms with Gasteiger partial charge < -0.3 is 39.6 Å². The number of anilines is 2. The molecule has 0 fully saturated rings. The second kappa shape index (κ2) is 16.6. The predicted octanol–water partition coefficient (Wildman–Crippen LogP) is 5.38. The van der Waals surface area contributed by atoms with Gasteiger partial charge in [-0.15, -0.1) is 0 Å². The summed E-state index contributed by atoms with van der Waals surface area (Å²) in [5.74, 6) is 1.25. The van der Waals surface area contributed by atoms with Crippen molar-refractivity contribution in [2.75, 3.05) is 50.8 Å². The van der Waals surface area contributed by atoms with Gasteiger partial charge in [-0.25, -0.2) is 4.79 Å². The Bertz CT molecular complexity index is 1520. The molecular weight excluding hydrogens is 614 g/mol. The van der Waals surface area contributed by atoms with Gasteiger partial charge in [0.15, 0.2) is 11.5 Å². The van der Waals surface area contributed by atoms with Crippen molar-refractivity contribution in [1.82, 2.24) is 14.8 Å². The fraction of sp³-hybridized carbons (Fsp3) is 0.472. The molecule has 0 spiro atoms. The van der Waals surface area contributed by atoms with Gasteiger partial charge in [0.1, 0.15) is 5.75 Å². The number of hydrogen-bond donors (Lipinski definition) is 3. The van der Waals surface area contributed by atoms with Gasteiger partial charge in [0.2, 0.25) is 6.79 Å². The van der Waals surface area contributed by atoms with Crippen LogP contribution >= 0.6 is 0 Å². The Balaban J connectivity index is 1.36. The highest BCUT2D eigenvalue weighted by molar-refractivity contribution is 6.02. The maximum Gasteiger partial charge on any atom is 0.323 e. The highest BCUT2D eigenvalue weighted by atomic mass is 16.7. The topological polar surface area (TPSA) is 135 Å². The van der Waals surface area contributed by atoms with E-state index in [-0.39, 0.29) is 37.4 Å². The van der Waals surface area contributed by atoms with E-state index in [0.29, 0.717) is 53.9 Å². The van der Waals surface area contributed by atoms with Gasteiger partial charge in [-0.1, -0.05) is 6.92 Å². The van der Waals surface area contributed by atoms with Crippen LogP contribution in [0.5, 0.6) is 17.2 Å².